The van der Waals surface area contributed by atoms with Gasteiger partial charge in [0.25, 0.3) is 0 Å². The number of aromatic nitrogens is 2. The molecule has 1 aromatic heterocycles. The highest BCUT2D eigenvalue weighted by atomic mass is 16.6. The van der Waals surface area contributed by atoms with E-state index in [2.05, 4.69) is 25.5 Å². The van der Waals surface area contributed by atoms with Crippen molar-refractivity contribution in [3.05, 3.63) is 59.8 Å². The van der Waals surface area contributed by atoms with Crippen LogP contribution >= 0.6 is 0 Å². The summed E-state index contributed by atoms with van der Waals surface area (Å²) in [5.41, 5.74) is 2.81. The van der Waals surface area contributed by atoms with Gasteiger partial charge in [0.2, 0.25) is 5.95 Å². The van der Waals surface area contributed by atoms with Gasteiger partial charge in [-0.1, -0.05) is 18.2 Å². The number of nitrogens with zero attached hydrogens (tertiary/aromatic N) is 3. The largest absolute Gasteiger partial charge is 0.494 e. The summed E-state index contributed by atoms with van der Waals surface area (Å²) in [5, 5.41) is 6.43. The van der Waals surface area contributed by atoms with Gasteiger partial charge in [-0.05, 0) is 51.5 Å². The normalized spacial score (nSPS) is 13.5. The average Bonchev–Trinajstić information content (AvgIpc) is 2.89. The summed E-state index contributed by atoms with van der Waals surface area (Å²) in [4.78, 5) is 36.1. The van der Waals surface area contributed by atoms with Crippen LogP contribution < -0.4 is 20.3 Å². The molecule has 1 aliphatic rings. The molecule has 2 N–H and O–H groups in total. The number of carbonyl (C=O) groups excluding carboxylic acids is 2. The van der Waals surface area contributed by atoms with Crippen LogP contribution in [0.5, 0.6) is 5.75 Å². The van der Waals surface area contributed by atoms with E-state index in [1.807, 2.05) is 63.2 Å². The molecule has 10 nitrogen and oxygen atoms in total. The zero-order valence-corrected chi connectivity index (χ0v) is 23.0. The molecule has 2 heterocycles. The summed E-state index contributed by atoms with van der Waals surface area (Å²) in [6, 6.07) is 13.2. The number of Topliss-reactive ketones (excluding diaryl/α,β-unsaturated/α-hetero) is 1. The first-order valence-electron chi connectivity index (χ1n) is 12.9. The third-order valence-electron chi connectivity index (χ3n) is 6.00. The van der Waals surface area contributed by atoms with Crippen LogP contribution in [0.1, 0.15) is 43.6 Å². The van der Waals surface area contributed by atoms with Gasteiger partial charge in [0.1, 0.15) is 17.2 Å². The highest BCUT2D eigenvalue weighted by molar-refractivity contribution is 5.99. The van der Waals surface area contributed by atoms with Crippen molar-refractivity contribution in [2.45, 2.75) is 39.7 Å². The number of para-hydroxylation sites is 1. The van der Waals surface area contributed by atoms with E-state index in [0.29, 0.717) is 41.7 Å². The Balaban J connectivity index is 1.58. The Kier molecular flexibility index (Phi) is 8.65. The van der Waals surface area contributed by atoms with Crippen molar-refractivity contribution in [3.8, 4) is 5.75 Å². The van der Waals surface area contributed by atoms with Gasteiger partial charge in [0.05, 0.1) is 38.0 Å². The summed E-state index contributed by atoms with van der Waals surface area (Å²) < 4.78 is 16.6. The van der Waals surface area contributed by atoms with Gasteiger partial charge in [-0.25, -0.2) is 4.98 Å². The molecule has 1 aliphatic heterocycles. The van der Waals surface area contributed by atoms with Gasteiger partial charge in [0, 0.05) is 36.7 Å². The molecule has 0 bridgehead atoms. The summed E-state index contributed by atoms with van der Waals surface area (Å²) in [7, 11) is 1.61. The monoisotopic (exact) mass is 533 g/mol. The number of hydrogen-bond acceptors (Lipinski definition) is 10. The van der Waals surface area contributed by atoms with Gasteiger partial charge in [-0.15, -0.1) is 0 Å². The van der Waals surface area contributed by atoms with Crippen molar-refractivity contribution in [2.75, 3.05) is 48.9 Å². The first-order valence-corrected chi connectivity index (χ1v) is 12.9. The first-order chi connectivity index (χ1) is 18.6. The number of carbonyl (C=O) groups is 2. The van der Waals surface area contributed by atoms with Crippen LogP contribution in [0, 0.1) is 0 Å². The Bertz CT molecular complexity index is 1330. The molecule has 1 saturated heterocycles. The predicted octanol–water partition coefficient (Wildman–Crippen LogP) is 4.90. The van der Waals surface area contributed by atoms with E-state index >= 15 is 0 Å². The van der Waals surface area contributed by atoms with Crippen molar-refractivity contribution < 1.29 is 23.8 Å². The molecule has 0 aliphatic carbocycles. The minimum atomic E-state index is -0.587. The Hall–Kier alpha value is -4.18. The summed E-state index contributed by atoms with van der Waals surface area (Å²) in [6.45, 7) is 9.95. The molecule has 39 heavy (non-hydrogen) atoms. The second kappa shape index (κ2) is 12.1. The molecular weight excluding hydrogens is 498 g/mol. The third-order valence-corrected chi connectivity index (χ3v) is 6.00. The quantitative estimate of drug-likeness (QED) is 0.291. The van der Waals surface area contributed by atoms with Gasteiger partial charge in [-0.2, -0.15) is 4.98 Å². The number of esters is 1. The number of anilines is 5. The zero-order chi connectivity index (χ0) is 28.0. The fourth-order valence-corrected chi connectivity index (χ4v) is 4.17. The zero-order valence-electron chi connectivity index (χ0n) is 23.0. The lowest BCUT2D eigenvalue weighted by molar-refractivity contribution is -0.153. The molecule has 0 spiro atoms. The number of hydrogen-bond donors (Lipinski definition) is 2. The smallest absolute Gasteiger partial charge is 0.310 e. The number of rotatable bonds is 9. The number of benzene rings is 2. The van der Waals surface area contributed by atoms with E-state index in [-0.39, 0.29) is 24.1 Å². The molecule has 1 fully saturated rings. The Morgan fingerprint density at radius 1 is 1.05 bits per heavy atom. The summed E-state index contributed by atoms with van der Waals surface area (Å²) in [6.07, 6.45) is 1.55. The Labute approximate surface area is 228 Å². The van der Waals surface area contributed by atoms with Crippen LogP contribution in [-0.2, 0) is 20.7 Å². The van der Waals surface area contributed by atoms with Crippen molar-refractivity contribution in [1.29, 1.82) is 0 Å². The van der Waals surface area contributed by atoms with E-state index in [1.165, 1.54) is 13.1 Å². The number of nitrogens with one attached hydrogen (secondary N) is 2. The van der Waals surface area contributed by atoms with Gasteiger partial charge >= 0.3 is 5.97 Å². The number of ether oxygens (including phenoxy) is 3. The maximum atomic E-state index is 12.5. The van der Waals surface area contributed by atoms with Crippen LogP contribution in [0.25, 0.3) is 0 Å². The number of ketones is 1. The first kappa shape index (κ1) is 27.8. The minimum Gasteiger partial charge on any atom is -0.494 e. The molecule has 0 amide bonds. The standard InChI is InChI=1S/C29H35N5O5/c1-19(35)22-18-30-28(32-24-11-10-21(17-25(24)37-5)34-12-14-38-15-13-34)33-27(22)31-23-9-7-6-8-20(23)16-26(36)39-29(2,3)4/h6-11,17-18H,12-16H2,1-5H3,(H2,30,31,32,33). The molecule has 0 atom stereocenters. The molecular formula is C29H35N5O5. The summed E-state index contributed by atoms with van der Waals surface area (Å²) in [5.74, 6) is 0.697. The summed E-state index contributed by atoms with van der Waals surface area (Å²) >= 11 is 0. The molecule has 4 rings (SSSR count). The van der Waals surface area contributed by atoms with E-state index in [1.54, 1.807) is 7.11 Å². The molecule has 0 radical (unpaired) electrons. The van der Waals surface area contributed by atoms with E-state index in [0.717, 1.165) is 24.3 Å². The van der Waals surface area contributed by atoms with E-state index in [4.69, 9.17) is 14.2 Å². The SMILES string of the molecule is COc1cc(N2CCOCC2)ccc1Nc1ncc(C(C)=O)c(Nc2ccccc2CC(=O)OC(C)(C)C)n1. The lowest BCUT2D eigenvalue weighted by Crippen LogP contribution is -2.36. The predicted molar refractivity (Wildman–Crippen MR) is 151 cm³/mol. The topological polar surface area (TPSA) is 115 Å². The Morgan fingerprint density at radius 3 is 2.49 bits per heavy atom. The van der Waals surface area contributed by atoms with Crippen molar-refractivity contribution in [1.82, 2.24) is 9.97 Å². The van der Waals surface area contributed by atoms with Crippen LogP contribution in [-0.4, -0.2) is 60.7 Å². The van der Waals surface area contributed by atoms with Gasteiger partial charge in [-0.3, -0.25) is 9.59 Å². The molecule has 0 unspecified atom stereocenters. The minimum absolute atomic E-state index is 0.0682. The van der Waals surface area contributed by atoms with E-state index in [9.17, 15) is 9.59 Å². The lowest BCUT2D eigenvalue weighted by atomic mass is 10.1. The fourth-order valence-electron chi connectivity index (χ4n) is 4.17. The number of methoxy groups -OCH3 is 1. The molecule has 206 valence electrons. The molecule has 3 aromatic rings. The van der Waals surface area contributed by atoms with Crippen LogP contribution in [0.15, 0.2) is 48.7 Å². The molecule has 10 heteroatoms. The molecule has 2 aromatic carbocycles. The van der Waals surface area contributed by atoms with Crippen LogP contribution in [0.3, 0.4) is 0 Å². The molecule has 0 saturated carbocycles. The second-order valence-electron chi connectivity index (χ2n) is 10.2. The maximum absolute atomic E-state index is 12.5. The second-order valence-corrected chi connectivity index (χ2v) is 10.2. The van der Waals surface area contributed by atoms with E-state index < -0.39 is 5.60 Å². The highest BCUT2D eigenvalue weighted by Crippen LogP contribution is 2.32. The third kappa shape index (κ3) is 7.44. The van der Waals surface area contributed by atoms with Gasteiger partial charge in [0.15, 0.2) is 5.78 Å². The van der Waals surface area contributed by atoms with Crippen molar-refractivity contribution in [3.63, 3.8) is 0 Å². The lowest BCUT2D eigenvalue weighted by Gasteiger charge is -2.29. The van der Waals surface area contributed by atoms with Gasteiger partial charge < -0.3 is 29.7 Å². The van der Waals surface area contributed by atoms with Crippen LogP contribution in [0.2, 0.25) is 0 Å². The highest BCUT2D eigenvalue weighted by Gasteiger charge is 2.20. The van der Waals surface area contributed by atoms with Crippen molar-refractivity contribution >= 4 is 40.6 Å². The van der Waals surface area contributed by atoms with Crippen LogP contribution in [0.4, 0.5) is 28.8 Å². The number of morpholine rings is 1. The Morgan fingerprint density at radius 2 is 1.79 bits per heavy atom. The maximum Gasteiger partial charge on any atom is 0.310 e. The van der Waals surface area contributed by atoms with Crippen molar-refractivity contribution in [2.24, 2.45) is 0 Å². The average molecular weight is 534 g/mol. The fraction of sp³-hybridized carbons (Fsp3) is 0.379.